The summed E-state index contributed by atoms with van der Waals surface area (Å²) in [4.78, 5) is 12.3. The minimum absolute atomic E-state index is 0.0331. The predicted octanol–water partition coefficient (Wildman–Crippen LogP) is 6.89. The Bertz CT molecular complexity index is 898. The van der Waals surface area contributed by atoms with Crippen LogP contribution < -0.4 is 10.0 Å². The van der Waals surface area contributed by atoms with Gasteiger partial charge in [0.05, 0.1) is 0 Å². The zero-order chi connectivity index (χ0) is 23.2. The molecule has 0 heterocycles. The molecule has 0 amide bonds. The largest absolute Gasteiger partial charge is 0.467 e. The van der Waals surface area contributed by atoms with Crippen molar-refractivity contribution in [2.45, 2.75) is 78.3 Å². The normalized spacial score (nSPS) is 14.1. The fourth-order valence-electron chi connectivity index (χ4n) is 3.92. The number of hydrogen-bond donors (Lipinski definition) is 0. The number of unbranched alkanes of at least 4 members (excludes halogenated alkanes) is 1. The summed E-state index contributed by atoms with van der Waals surface area (Å²) < 4.78 is 11.4. The maximum atomic E-state index is 12.3. The van der Waals surface area contributed by atoms with Gasteiger partial charge in [0.25, 0.3) is 0 Å². The van der Waals surface area contributed by atoms with Crippen LogP contribution in [0.4, 0.5) is 0 Å². The van der Waals surface area contributed by atoms with Crippen LogP contribution in [0.15, 0.2) is 36.4 Å². The fourth-order valence-corrected chi connectivity index (χ4v) is 5.71. The first-order chi connectivity index (χ1) is 14.5. The van der Waals surface area contributed by atoms with Crippen molar-refractivity contribution in [1.29, 1.82) is 0 Å². The summed E-state index contributed by atoms with van der Waals surface area (Å²) in [5.74, 6) is 1.04. The molecule has 0 spiro atoms. The number of aryl methyl sites for hydroxylation is 1. The average molecular weight is 443 g/mol. The Balaban J connectivity index is 2.70. The van der Waals surface area contributed by atoms with Crippen molar-refractivity contribution in [2.75, 3.05) is 13.9 Å². The molecular formula is C27H39O3P. The molecule has 0 fully saturated rings. The van der Waals surface area contributed by atoms with E-state index in [1.54, 1.807) is 14.0 Å². The van der Waals surface area contributed by atoms with Crippen LogP contribution in [-0.4, -0.2) is 19.7 Å². The molecule has 0 saturated heterocycles. The maximum absolute atomic E-state index is 12.3. The number of ether oxygens (including phenoxy) is 2. The number of benzene rings is 2. The molecule has 0 aliphatic heterocycles. The van der Waals surface area contributed by atoms with Gasteiger partial charge in [-0.2, -0.15) is 0 Å². The van der Waals surface area contributed by atoms with Crippen molar-refractivity contribution in [3.05, 3.63) is 58.7 Å². The smallest absolute Gasteiger partial charge is 0.188 e. The number of carbonyl (C=O) groups excluding carboxylic acids is 1. The van der Waals surface area contributed by atoms with Crippen LogP contribution in [0.1, 0.15) is 87.9 Å². The molecule has 0 aliphatic rings. The first-order valence-corrected chi connectivity index (χ1v) is 12.2. The monoisotopic (exact) mass is 442 g/mol. The SMILES string of the molecule is CCCCC(C)(Pc1ccccc1C(C)=O)c1cc(C(C)(C)C)cc(C)c1OCOC. The van der Waals surface area contributed by atoms with Crippen molar-refractivity contribution < 1.29 is 14.3 Å². The quantitative estimate of drug-likeness (QED) is 0.228. The summed E-state index contributed by atoms with van der Waals surface area (Å²) in [5, 5.41) is 0.988. The molecule has 0 radical (unpaired) electrons. The maximum Gasteiger partial charge on any atom is 0.188 e. The molecule has 31 heavy (non-hydrogen) atoms. The van der Waals surface area contributed by atoms with Crippen molar-refractivity contribution in [1.82, 2.24) is 0 Å². The zero-order valence-electron chi connectivity index (χ0n) is 20.5. The first-order valence-electron chi connectivity index (χ1n) is 11.2. The third-order valence-electron chi connectivity index (χ3n) is 5.80. The van der Waals surface area contributed by atoms with E-state index in [1.807, 2.05) is 18.2 Å². The minimum atomic E-state index is -0.142. The Morgan fingerprint density at radius 2 is 1.77 bits per heavy atom. The molecule has 2 atom stereocenters. The molecule has 0 aliphatic carbocycles. The molecular weight excluding hydrogens is 403 g/mol. The number of Topliss-reactive ketones (excluding diaryl/α,β-unsaturated/α-hetero) is 1. The summed E-state index contributed by atoms with van der Waals surface area (Å²) in [6.07, 6.45) is 3.28. The van der Waals surface area contributed by atoms with E-state index in [0.717, 1.165) is 41.4 Å². The van der Waals surface area contributed by atoms with Gasteiger partial charge in [-0.15, -0.1) is 0 Å². The highest BCUT2D eigenvalue weighted by atomic mass is 31.1. The van der Waals surface area contributed by atoms with Crippen LogP contribution >= 0.6 is 8.58 Å². The number of rotatable bonds is 10. The Kier molecular flexibility index (Phi) is 8.86. The third-order valence-corrected chi connectivity index (χ3v) is 7.58. The van der Waals surface area contributed by atoms with Crippen LogP contribution in [-0.2, 0) is 15.3 Å². The van der Waals surface area contributed by atoms with Gasteiger partial charge in [0.1, 0.15) is 5.75 Å². The van der Waals surface area contributed by atoms with E-state index in [-0.39, 0.29) is 23.1 Å². The molecule has 0 bridgehead atoms. The molecule has 2 aromatic carbocycles. The van der Waals surface area contributed by atoms with Crippen LogP contribution in [0, 0.1) is 6.92 Å². The van der Waals surface area contributed by atoms with E-state index in [4.69, 9.17) is 9.47 Å². The Morgan fingerprint density at radius 1 is 1.10 bits per heavy atom. The van der Waals surface area contributed by atoms with Gasteiger partial charge in [0, 0.05) is 23.4 Å². The summed E-state index contributed by atoms with van der Waals surface area (Å²) in [7, 11) is 2.12. The van der Waals surface area contributed by atoms with Gasteiger partial charge in [0.15, 0.2) is 12.6 Å². The molecule has 0 aromatic heterocycles. The van der Waals surface area contributed by atoms with Crippen LogP contribution in [0.5, 0.6) is 5.75 Å². The van der Waals surface area contributed by atoms with E-state index in [9.17, 15) is 4.79 Å². The lowest BCUT2D eigenvalue weighted by atomic mass is 9.82. The molecule has 2 rings (SSSR count). The Morgan fingerprint density at radius 3 is 2.35 bits per heavy atom. The van der Waals surface area contributed by atoms with Gasteiger partial charge in [0.2, 0.25) is 0 Å². The summed E-state index contributed by atoms with van der Waals surface area (Å²) >= 11 is 0. The zero-order valence-corrected chi connectivity index (χ0v) is 21.5. The van der Waals surface area contributed by atoms with E-state index in [1.165, 1.54) is 11.1 Å². The van der Waals surface area contributed by atoms with Gasteiger partial charge in [-0.3, -0.25) is 4.79 Å². The number of carbonyl (C=O) groups is 1. The molecule has 4 heteroatoms. The summed E-state index contributed by atoms with van der Waals surface area (Å²) in [5.41, 5.74) is 4.51. The number of hydrogen-bond acceptors (Lipinski definition) is 3. The predicted molar refractivity (Wildman–Crippen MR) is 134 cm³/mol. The highest BCUT2D eigenvalue weighted by Gasteiger charge is 2.33. The second-order valence-electron chi connectivity index (χ2n) is 9.63. The topological polar surface area (TPSA) is 35.5 Å². The molecule has 170 valence electrons. The lowest BCUT2D eigenvalue weighted by molar-refractivity contribution is 0.0494. The van der Waals surface area contributed by atoms with Gasteiger partial charge in [-0.1, -0.05) is 92.4 Å². The van der Waals surface area contributed by atoms with E-state index in [0.29, 0.717) is 8.58 Å². The van der Waals surface area contributed by atoms with Crippen molar-refractivity contribution >= 4 is 19.7 Å². The molecule has 2 unspecified atom stereocenters. The molecule has 0 saturated carbocycles. The Labute approximate surface area is 190 Å². The van der Waals surface area contributed by atoms with E-state index < -0.39 is 0 Å². The van der Waals surface area contributed by atoms with Crippen molar-refractivity contribution in [3.63, 3.8) is 0 Å². The average Bonchev–Trinajstić information content (AvgIpc) is 2.70. The van der Waals surface area contributed by atoms with Crippen molar-refractivity contribution in [3.8, 4) is 5.75 Å². The number of methoxy groups -OCH3 is 1. The Hall–Kier alpha value is -1.70. The minimum Gasteiger partial charge on any atom is -0.467 e. The lowest BCUT2D eigenvalue weighted by Crippen LogP contribution is -2.24. The number of ketones is 1. The summed E-state index contributed by atoms with van der Waals surface area (Å²) in [6.45, 7) is 15.3. The highest BCUT2D eigenvalue weighted by molar-refractivity contribution is 7.48. The first kappa shape index (κ1) is 25.6. The molecule has 3 nitrogen and oxygen atoms in total. The second-order valence-corrected chi connectivity index (χ2v) is 11.5. The third kappa shape index (κ3) is 6.40. The van der Waals surface area contributed by atoms with Gasteiger partial charge >= 0.3 is 0 Å². The van der Waals surface area contributed by atoms with Crippen LogP contribution in [0.2, 0.25) is 0 Å². The molecule has 2 aromatic rings. The van der Waals surface area contributed by atoms with E-state index >= 15 is 0 Å². The van der Waals surface area contributed by atoms with Crippen molar-refractivity contribution in [2.24, 2.45) is 0 Å². The van der Waals surface area contributed by atoms with Gasteiger partial charge in [-0.05, 0) is 42.1 Å². The van der Waals surface area contributed by atoms with E-state index in [2.05, 4.69) is 59.7 Å². The lowest BCUT2D eigenvalue weighted by Gasteiger charge is -2.35. The van der Waals surface area contributed by atoms with Gasteiger partial charge < -0.3 is 9.47 Å². The van der Waals surface area contributed by atoms with Crippen LogP contribution in [0.25, 0.3) is 0 Å². The second kappa shape index (κ2) is 10.7. The highest BCUT2D eigenvalue weighted by Crippen LogP contribution is 2.50. The van der Waals surface area contributed by atoms with Crippen LogP contribution in [0.3, 0.4) is 0 Å². The fraction of sp³-hybridized carbons (Fsp3) is 0.519. The standard InChI is InChI=1S/C27H39O3P/c1-9-10-15-27(7,31-24-14-12-11-13-22(24)20(3)28)23-17-21(26(4,5)6)16-19(2)25(23)30-18-29-8/h11-14,16-17,31H,9-10,15,18H2,1-8H3. The summed E-state index contributed by atoms with van der Waals surface area (Å²) in [6, 6.07) is 12.6. The van der Waals surface area contributed by atoms with Gasteiger partial charge in [-0.25, -0.2) is 0 Å². The molecule has 0 N–H and O–H groups in total.